The van der Waals surface area contributed by atoms with Gasteiger partial charge in [-0.2, -0.15) is 0 Å². The van der Waals surface area contributed by atoms with Gasteiger partial charge in [0.15, 0.2) is 0 Å². The van der Waals surface area contributed by atoms with Crippen LogP contribution in [0.4, 0.5) is 16.2 Å². The van der Waals surface area contributed by atoms with Crippen LogP contribution < -0.4 is 16.4 Å². The van der Waals surface area contributed by atoms with E-state index < -0.39 is 5.97 Å². The molecule has 0 radical (unpaired) electrons. The largest absolute Gasteiger partial charge is 0.481 e. The molecule has 14 nitrogen and oxygen atoms in total. The van der Waals surface area contributed by atoms with Gasteiger partial charge in [-0.05, 0) is 129 Å². The standard InChI is InChI=1S/C20H35N3O2.C12H17N3O.C7H13NO2.C5H6N2.C2H2.CH2Cl2.CH4/c1-22-14-8-9-16(15-22)19(24)23(18-12-6-3-7-13-18)20(25)21-17-10-4-2-5-11-17;1-15-7-3-4-10(9-15)12(16)14-11-5-2-6-13-8-11;1-8-4-2-3-6(5-8)7(9)10;6-5-2-1-3-7-4-5;1-2;2-1-3;/h16-18H,2-15H2,1H3,(H,21,25);2,5-6,8,10H,3-4,7,9H2,1H3,(H,14,16);6H,2-5H2,1H3,(H,9,10);1-4H,6H2;1-2H;1H2;1H4/t16-;10-;6-;;;;/m111..../s1/i;;;;1D;;. The number of rotatable bonds is 6. The lowest BCUT2D eigenvalue weighted by Crippen LogP contribution is -2.56. The molecule has 0 bridgehead atoms. The molecule has 3 saturated heterocycles. The first kappa shape index (κ1) is 56.1. The first-order valence-electron chi connectivity index (χ1n) is 23.1. The highest BCUT2D eigenvalue weighted by Gasteiger charge is 2.37. The third-order valence-corrected chi connectivity index (χ3v) is 11.9. The number of nitrogens with one attached hydrogen (secondary N) is 2. The molecule has 3 aliphatic heterocycles. The topological polar surface area (TPSA) is 177 Å². The van der Waals surface area contributed by atoms with Crippen LogP contribution in [0.25, 0.3) is 0 Å². The van der Waals surface area contributed by atoms with E-state index in [1.807, 2.05) is 19.2 Å². The van der Waals surface area contributed by atoms with Crippen LogP contribution in [0.15, 0.2) is 49.1 Å². The van der Waals surface area contributed by atoms with Crippen LogP contribution in [0.1, 0.15) is 112 Å². The van der Waals surface area contributed by atoms with Gasteiger partial charge in [-0.25, -0.2) is 4.79 Å². The molecule has 7 rings (SSSR count). The van der Waals surface area contributed by atoms with Crippen LogP contribution in [0.2, 0.25) is 0 Å². The molecule has 0 spiro atoms. The lowest BCUT2D eigenvalue weighted by Gasteiger charge is -2.38. The van der Waals surface area contributed by atoms with Gasteiger partial charge >= 0.3 is 12.0 Å². The van der Waals surface area contributed by atoms with Crippen molar-refractivity contribution in [2.45, 2.75) is 122 Å². The molecule has 360 valence electrons. The average Bonchev–Trinajstić information content (AvgIpc) is 3.29. The van der Waals surface area contributed by atoms with E-state index in [4.69, 9.17) is 35.4 Å². The lowest BCUT2D eigenvalue weighted by atomic mass is 9.91. The number of halogens is 2. The van der Waals surface area contributed by atoms with Gasteiger partial charge < -0.3 is 36.2 Å². The molecular formula is C48H79Cl2N9O5. The molecule has 64 heavy (non-hydrogen) atoms. The smallest absolute Gasteiger partial charge is 0.324 e. The van der Waals surface area contributed by atoms with Crippen molar-refractivity contribution in [3.8, 4) is 12.8 Å². The Balaban J connectivity index is 0.000000451. The Morgan fingerprint density at radius 3 is 1.67 bits per heavy atom. The number of aliphatic carboxylic acids is 1. The Morgan fingerprint density at radius 2 is 1.23 bits per heavy atom. The zero-order valence-electron chi connectivity index (χ0n) is 38.9. The molecule has 4 amide bonds. The van der Waals surface area contributed by atoms with Crippen LogP contribution >= 0.6 is 23.2 Å². The van der Waals surface area contributed by atoms with E-state index in [0.29, 0.717) is 5.69 Å². The number of carbonyl (C=O) groups excluding carboxylic acids is 3. The van der Waals surface area contributed by atoms with Crippen molar-refractivity contribution < 1.29 is 25.7 Å². The first-order chi connectivity index (χ1) is 30.8. The molecular weight excluding hydrogens is 853 g/mol. The van der Waals surface area contributed by atoms with Crippen LogP contribution in [0, 0.1) is 30.6 Å². The number of imide groups is 1. The van der Waals surface area contributed by atoms with Gasteiger partial charge in [0.1, 0.15) is 1.37 Å². The second-order valence-electron chi connectivity index (χ2n) is 17.0. The summed E-state index contributed by atoms with van der Waals surface area (Å²) in [6, 6.07) is 7.53. The highest BCUT2D eigenvalue weighted by molar-refractivity contribution is 6.40. The van der Waals surface area contributed by atoms with E-state index in [9.17, 15) is 19.2 Å². The number of hydrogen-bond donors (Lipinski definition) is 4. The number of alkyl halides is 2. The molecule has 3 atom stereocenters. The Bertz CT molecular complexity index is 1640. The van der Waals surface area contributed by atoms with Crippen molar-refractivity contribution in [2.24, 2.45) is 17.8 Å². The number of likely N-dealkylation sites (tertiary alicyclic amines) is 3. The Labute approximate surface area is 396 Å². The summed E-state index contributed by atoms with van der Waals surface area (Å²) < 4.78 is 5.74. The van der Waals surface area contributed by atoms with Gasteiger partial charge in [0.2, 0.25) is 11.8 Å². The molecule has 5 fully saturated rings. The summed E-state index contributed by atoms with van der Waals surface area (Å²) in [6.07, 6.45) is 29.6. The molecule has 2 aromatic rings. The number of terminal acetylenes is 1. The van der Waals surface area contributed by atoms with E-state index in [1.54, 1.807) is 41.8 Å². The van der Waals surface area contributed by atoms with Crippen LogP contribution in [-0.4, -0.2) is 136 Å². The van der Waals surface area contributed by atoms with Crippen molar-refractivity contribution in [3.05, 3.63) is 49.1 Å². The maximum atomic E-state index is 13.3. The van der Waals surface area contributed by atoms with E-state index in [1.165, 1.54) is 32.1 Å². The number of anilines is 2. The number of nitrogens with two attached hydrogens (primary N) is 1. The predicted octanol–water partition coefficient (Wildman–Crippen LogP) is 8.28. The second kappa shape index (κ2) is 34.4. The van der Waals surface area contributed by atoms with Crippen molar-refractivity contribution in [1.82, 2.24) is 34.9 Å². The molecule has 2 aliphatic carbocycles. The fraction of sp³-hybridized carbons (Fsp3) is 0.667. The minimum absolute atomic E-state index is 0. The zero-order valence-corrected chi connectivity index (χ0v) is 39.5. The molecule has 2 saturated carbocycles. The van der Waals surface area contributed by atoms with E-state index in [2.05, 4.69) is 55.8 Å². The number of nitrogens with zero attached hydrogens (tertiary/aromatic N) is 6. The fourth-order valence-electron chi connectivity index (χ4n) is 8.65. The SMILES string of the molecule is C.CN1CCC[C@@H](C(=O)N(C(=O)NC2CCCCC2)C2CCCCC2)C1.CN1CCC[C@@H](C(=O)Nc2cccnc2)C1.CN1CCC[C@@H](C(=O)O)C1.ClCCl.Nc1cccnc1.[2H]C#C. The summed E-state index contributed by atoms with van der Waals surface area (Å²) in [4.78, 5) is 64.6. The van der Waals surface area contributed by atoms with E-state index in [-0.39, 0.29) is 60.4 Å². The van der Waals surface area contributed by atoms with Gasteiger partial charge in [0.05, 0.1) is 40.7 Å². The van der Waals surface area contributed by atoms with Gasteiger partial charge in [-0.1, -0.05) is 46.0 Å². The number of piperidine rings is 3. The number of pyridine rings is 2. The summed E-state index contributed by atoms with van der Waals surface area (Å²) in [5.74, 6) is -0.492. The summed E-state index contributed by atoms with van der Waals surface area (Å²) in [5, 5.41) is 14.9. The molecule has 5 N–H and O–H groups in total. The molecule has 16 heteroatoms. The lowest BCUT2D eigenvalue weighted by molar-refractivity contribution is -0.143. The maximum Gasteiger partial charge on any atom is 0.324 e. The number of carbonyl (C=O) groups is 4. The van der Waals surface area contributed by atoms with Gasteiger partial charge in [0.25, 0.3) is 0 Å². The normalized spacial score (nSPS) is 21.8. The van der Waals surface area contributed by atoms with Crippen LogP contribution in [-0.2, 0) is 14.4 Å². The van der Waals surface area contributed by atoms with Crippen molar-refractivity contribution in [1.29, 1.82) is 0 Å². The molecule has 5 aliphatic rings. The van der Waals surface area contributed by atoms with Crippen LogP contribution in [0.3, 0.4) is 0 Å². The molecule has 2 aromatic heterocycles. The van der Waals surface area contributed by atoms with Crippen molar-refractivity contribution >= 4 is 58.4 Å². The number of hydrogen-bond acceptors (Lipinski definition) is 10. The number of carboxylic acids is 1. The molecule has 0 aromatic carbocycles. The van der Waals surface area contributed by atoms with E-state index in [0.717, 1.165) is 122 Å². The van der Waals surface area contributed by atoms with Crippen molar-refractivity contribution in [3.63, 3.8) is 0 Å². The van der Waals surface area contributed by atoms with Crippen molar-refractivity contribution in [2.75, 3.05) is 76.8 Å². The van der Waals surface area contributed by atoms with E-state index >= 15 is 0 Å². The van der Waals surface area contributed by atoms with Gasteiger partial charge in [-0.15, -0.1) is 36.0 Å². The Kier molecular flexibility index (Phi) is 30.1. The zero-order chi connectivity index (χ0) is 47.1. The summed E-state index contributed by atoms with van der Waals surface area (Å²) in [6.45, 7) is 5.56. The summed E-state index contributed by atoms with van der Waals surface area (Å²) in [7, 11) is 6.10. The average molecular weight is 934 g/mol. The minimum Gasteiger partial charge on any atom is -0.481 e. The second-order valence-corrected chi connectivity index (χ2v) is 17.9. The molecule has 0 unspecified atom stereocenters. The Morgan fingerprint density at radius 1 is 0.766 bits per heavy atom. The Hall–Kier alpha value is -4.00. The van der Waals surface area contributed by atoms with Crippen LogP contribution in [0.5, 0.6) is 0 Å². The third kappa shape index (κ3) is 23.3. The van der Waals surface area contributed by atoms with Gasteiger partial charge in [-0.3, -0.25) is 29.3 Å². The number of carboxylic acid groups (broad SMARTS) is 1. The number of nitrogen functional groups attached to an aromatic ring is 1. The fourth-order valence-corrected chi connectivity index (χ4v) is 8.65. The quantitative estimate of drug-likeness (QED) is 0.162. The molecule has 5 heterocycles. The highest BCUT2D eigenvalue weighted by atomic mass is 35.5. The highest BCUT2D eigenvalue weighted by Crippen LogP contribution is 2.27. The monoisotopic (exact) mass is 933 g/mol. The summed E-state index contributed by atoms with van der Waals surface area (Å²) >= 11 is 9.53. The number of aromatic nitrogens is 2. The number of amides is 4. The third-order valence-electron chi connectivity index (χ3n) is 11.9. The predicted molar refractivity (Wildman–Crippen MR) is 262 cm³/mol. The number of urea groups is 1. The minimum atomic E-state index is -0.647. The first-order valence-corrected chi connectivity index (χ1v) is 23.7. The summed E-state index contributed by atoms with van der Waals surface area (Å²) in [5.41, 5.74) is 6.78. The maximum absolute atomic E-state index is 13.3. The van der Waals surface area contributed by atoms with Gasteiger partial charge in [0, 0.05) is 50.3 Å².